The number of carbonyl (C=O) groups is 4. The Morgan fingerprint density at radius 3 is 2.39 bits per heavy atom. The topological polar surface area (TPSA) is 147 Å². The predicted molar refractivity (Wildman–Crippen MR) is 165 cm³/mol. The zero-order valence-corrected chi connectivity index (χ0v) is 25.7. The second kappa shape index (κ2) is 16.9. The molecule has 1 atom stereocenters. The summed E-state index contributed by atoms with van der Waals surface area (Å²) >= 11 is 0. The van der Waals surface area contributed by atoms with Crippen molar-refractivity contribution < 1.29 is 38.2 Å². The highest BCUT2D eigenvalue weighted by molar-refractivity contribution is 5.96. The molecule has 1 aromatic heterocycles. The van der Waals surface area contributed by atoms with Crippen LogP contribution in [0.2, 0.25) is 0 Å². The van der Waals surface area contributed by atoms with E-state index in [-0.39, 0.29) is 25.3 Å². The zero-order chi connectivity index (χ0) is 32.0. The lowest BCUT2D eigenvalue weighted by atomic mass is 10.1. The Balaban J connectivity index is 1.64. The van der Waals surface area contributed by atoms with E-state index < -0.39 is 35.7 Å². The monoisotopic (exact) mass is 609 g/mol. The van der Waals surface area contributed by atoms with E-state index in [1.807, 2.05) is 48.5 Å². The number of carboxylic acids is 1. The van der Waals surface area contributed by atoms with Gasteiger partial charge in [0.05, 0.1) is 0 Å². The number of nitrogens with one attached hydrogen (secondary N) is 2. The number of hydrogen-bond donors (Lipinski definition) is 3. The average Bonchev–Trinajstić information content (AvgIpc) is 3.41. The maximum atomic E-state index is 13.2. The van der Waals surface area contributed by atoms with Gasteiger partial charge in [-0.15, -0.1) is 0 Å². The van der Waals surface area contributed by atoms with Gasteiger partial charge in [-0.3, -0.25) is 9.59 Å². The number of aliphatic carboxylic acids is 1. The molecule has 2 aromatic carbocycles. The number of carbonyl (C=O) groups excluding carboxylic acids is 3. The molecule has 0 radical (unpaired) electrons. The SMILES string of the molecule is CC(C)(C)OC(=O)N(CCCCCC(=O)O)C[C@@H](CCCNC(=O)OCc1ccccc1)NC(=O)c1cc2ccccc2o1. The summed E-state index contributed by atoms with van der Waals surface area (Å²) < 4.78 is 16.6. The Morgan fingerprint density at radius 2 is 1.68 bits per heavy atom. The first-order valence-corrected chi connectivity index (χ1v) is 14.9. The molecule has 0 bridgehead atoms. The van der Waals surface area contributed by atoms with Gasteiger partial charge in [0.15, 0.2) is 5.76 Å². The molecule has 3 amide bonds. The Hall–Kier alpha value is -4.54. The van der Waals surface area contributed by atoms with Gasteiger partial charge in [0.25, 0.3) is 5.91 Å². The van der Waals surface area contributed by atoms with Crippen LogP contribution in [0.1, 0.15) is 75.4 Å². The molecule has 0 aliphatic carbocycles. The second-order valence-corrected chi connectivity index (χ2v) is 11.6. The van der Waals surface area contributed by atoms with Crippen molar-refractivity contribution in [2.24, 2.45) is 0 Å². The first-order valence-electron chi connectivity index (χ1n) is 14.9. The number of hydrogen-bond acceptors (Lipinski definition) is 7. The van der Waals surface area contributed by atoms with Gasteiger partial charge in [-0.2, -0.15) is 0 Å². The van der Waals surface area contributed by atoms with Crippen LogP contribution in [0.15, 0.2) is 65.1 Å². The van der Waals surface area contributed by atoms with Crippen molar-refractivity contribution in [1.29, 1.82) is 0 Å². The number of carboxylic acid groups (broad SMARTS) is 1. The number of benzene rings is 2. The average molecular weight is 610 g/mol. The van der Waals surface area contributed by atoms with E-state index in [0.717, 1.165) is 10.9 Å². The van der Waals surface area contributed by atoms with Gasteiger partial charge in [0, 0.05) is 37.5 Å². The van der Waals surface area contributed by atoms with E-state index in [9.17, 15) is 19.2 Å². The fourth-order valence-electron chi connectivity index (χ4n) is 4.48. The smallest absolute Gasteiger partial charge is 0.410 e. The summed E-state index contributed by atoms with van der Waals surface area (Å²) in [7, 11) is 0. The highest BCUT2D eigenvalue weighted by atomic mass is 16.6. The quantitative estimate of drug-likeness (QED) is 0.165. The number of fused-ring (bicyclic) bond motifs is 1. The van der Waals surface area contributed by atoms with Crippen molar-refractivity contribution in [2.45, 2.75) is 77.5 Å². The minimum Gasteiger partial charge on any atom is -0.481 e. The molecule has 11 nitrogen and oxygen atoms in total. The molecule has 1 heterocycles. The van der Waals surface area contributed by atoms with Gasteiger partial charge in [-0.25, -0.2) is 9.59 Å². The van der Waals surface area contributed by atoms with Crippen molar-refractivity contribution in [1.82, 2.24) is 15.5 Å². The largest absolute Gasteiger partial charge is 0.481 e. The molecule has 238 valence electrons. The molecule has 0 aliphatic heterocycles. The molecule has 3 rings (SSSR count). The molecule has 0 saturated heterocycles. The summed E-state index contributed by atoms with van der Waals surface area (Å²) in [6.45, 7) is 6.26. The fourth-order valence-corrected chi connectivity index (χ4v) is 4.48. The molecular weight excluding hydrogens is 566 g/mol. The molecule has 3 N–H and O–H groups in total. The third kappa shape index (κ3) is 12.4. The third-order valence-corrected chi connectivity index (χ3v) is 6.61. The first-order chi connectivity index (χ1) is 21.0. The number of para-hydroxylation sites is 1. The minimum atomic E-state index is -0.861. The summed E-state index contributed by atoms with van der Waals surface area (Å²) in [6, 6.07) is 17.8. The molecule has 0 aliphatic rings. The normalized spacial score (nSPS) is 11.9. The molecule has 3 aromatic rings. The molecular formula is C33H43N3O8. The van der Waals surface area contributed by atoms with Crippen LogP contribution in [-0.4, -0.2) is 65.3 Å². The van der Waals surface area contributed by atoms with E-state index >= 15 is 0 Å². The fraction of sp³-hybridized carbons (Fsp3) is 0.455. The number of unbranched alkanes of at least 4 members (excludes halogenated alkanes) is 2. The summed E-state index contributed by atoms with van der Waals surface area (Å²) in [4.78, 5) is 51.0. The van der Waals surface area contributed by atoms with Gasteiger partial charge in [-0.1, -0.05) is 55.0 Å². The van der Waals surface area contributed by atoms with Gasteiger partial charge in [-0.05, 0) is 64.2 Å². The lowest BCUT2D eigenvalue weighted by Crippen LogP contribution is -2.47. The maximum Gasteiger partial charge on any atom is 0.410 e. The van der Waals surface area contributed by atoms with Gasteiger partial charge >= 0.3 is 18.2 Å². The van der Waals surface area contributed by atoms with Gasteiger partial charge in [0.2, 0.25) is 0 Å². The van der Waals surface area contributed by atoms with Crippen LogP contribution in [0.3, 0.4) is 0 Å². The molecule has 11 heteroatoms. The van der Waals surface area contributed by atoms with Crippen LogP contribution >= 0.6 is 0 Å². The number of amides is 3. The predicted octanol–water partition coefficient (Wildman–Crippen LogP) is 6.12. The number of furan rings is 1. The summed E-state index contributed by atoms with van der Waals surface area (Å²) in [6.07, 6.45) is 1.60. The van der Waals surface area contributed by atoms with E-state index in [0.29, 0.717) is 50.8 Å². The molecule has 0 spiro atoms. The summed E-state index contributed by atoms with van der Waals surface area (Å²) in [5.41, 5.74) is 0.737. The van der Waals surface area contributed by atoms with Crippen LogP contribution in [0, 0.1) is 0 Å². The second-order valence-electron chi connectivity index (χ2n) is 11.6. The van der Waals surface area contributed by atoms with Crippen molar-refractivity contribution in [3.8, 4) is 0 Å². The van der Waals surface area contributed by atoms with Crippen molar-refractivity contribution in [3.63, 3.8) is 0 Å². The zero-order valence-electron chi connectivity index (χ0n) is 25.7. The van der Waals surface area contributed by atoms with Crippen LogP contribution in [0.5, 0.6) is 0 Å². The van der Waals surface area contributed by atoms with Crippen LogP contribution in [0.25, 0.3) is 11.0 Å². The molecule has 0 saturated carbocycles. The Labute approximate surface area is 257 Å². The van der Waals surface area contributed by atoms with Crippen molar-refractivity contribution in [2.75, 3.05) is 19.6 Å². The van der Waals surface area contributed by atoms with Crippen molar-refractivity contribution in [3.05, 3.63) is 72.0 Å². The third-order valence-electron chi connectivity index (χ3n) is 6.61. The summed E-state index contributed by atoms with van der Waals surface area (Å²) in [5.74, 6) is -1.14. The van der Waals surface area contributed by atoms with E-state index in [1.165, 1.54) is 4.90 Å². The molecule has 0 fully saturated rings. The number of alkyl carbamates (subject to hydrolysis) is 1. The number of nitrogens with zero attached hydrogens (tertiary/aromatic N) is 1. The maximum absolute atomic E-state index is 13.2. The van der Waals surface area contributed by atoms with E-state index in [4.69, 9.17) is 19.0 Å². The van der Waals surface area contributed by atoms with Crippen LogP contribution < -0.4 is 10.6 Å². The summed E-state index contributed by atoms with van der Waals surface area (Å²) in [5, 5.41) is 15.4. The first kappa shape index (κ1) is 34.0. The minimum absolute atomic E-state index is 0.0589. The van der Waals surface area contributed by atoms with E-state index in [2.05, 4.69) is 10.6 Å². The van der Waals surface area contributed by atoms with Crippen LogP contribution in [-0.2, 0) is 20.9 Å². The Morgan fingerprint density at radius 1 is 0.955 bits per heavy atom. The standard InChI is InChI=1S/C33H43N3O8/c1-33(2,3)44-32(41)36(20-11-5-8-18-29(37)38)22-26(35-30(39)28-21-25-15-9-10-17-27(25)43-28)16-12-19-34-31(40)42-23-24-13-6-4-7-14-24/h4,6-7,9-10,13-15,17,21,26H,5,8,11-12,16,18-20,22-23H2,1-3H3,(H,34,40)(H,35,39)(H,37,38)/t26-/m1/s1. The highest BCUT2D eigenvalue weighted by Crippen LogP contribution is 2.19. The highest BCUT2D eigenvalue weighted by Gasteiger charge is 2.26. The lowest BCUT2D eigenvalue weighted by Gasteiger charge is -2.30. The van der Waals surface area contributed by atoms with Crippen LogP contribution in [0.4, 0.5) is 9.59 Å². The number of rotatable bonds is 16. The van der Waals surface area contributed by atoms with Gasteiger partial charge < -0.3 is 34.5 Å². The Kier molecular flexibility index (Phi) is 13.1. The number of ether oxygens (including phenoxy) is 2. The van der Waals surface area contributed by atoms with E-state index in [1.54, 1.807) is 32.9 Å². The molecule has 44 heavy (non-hydrogen) atoms. The molecule has 0 unspecified atom stereocenters. The lowest BCUT2D eigenvalue weighted by molar-refractivity contribution is -0.137. The van der Waals surface area contributed by atoms with Crippen molar-refractivity contribution >= 4 is 35.0 Å². The van der Waals surface area contributed by atoms with Gasteiger partial charge in [0.1, 0.15) is 17.8 Å². The Bertz CT molecular complexity index is 1330.